The van der Waals surface area contributed by atoms with E-state index in [1.165, 1.54) is 0 Å². The van der Waals surface area contributed by atoms with Crippen LogP contribution in [0, 0.1) is 5.92 Å². The zero-order chi connectivity index (χ0) is 12.4. The summed E-state index contributed by atoms with van der Waals surface area (Å²) in [5, 5.41) is 11.5. The molecule has 2 rings (SSSR count). The Morgan fingerprint density at radius 1 is 1.41 bits per heavy atom. The Morgan fingerprint density at radius 3 is 2.65 bits per heavy atom. The highest BCUT2D eigenvalue weighted by Gasteiger charge is 2.41. The summed E-state index contributed by atoms with van der Waals surface area (Å²) in [6, 6.07) is 8.58. The van der Waals surface area contributed by atoms with Crippen LogP contribution in [0.1, 0.15) is 18.6 Å². The molecule has 1 fully saturated rings. The number of rotatable bonds is 3. The molecule has 0 aromatic heterocycles. The maximum absolute atomic E-state index is 11.2. The number of hydrogen-bond donors (Lipinski definition) is 2. The van der Waals surface area contributed by atoms with Crippen LogP contribution in [-0.4, -0.2) is 23.2 Å². The van der Waals surface area contributed by atoms with Crippen LogP contribution in [-0.2, 0) is 9.53 Å². The molecule has 1 aromatic rings. The van der Waals surface area contributed by atoms with Crippen LogP contribution in [0.2, 0.25) is 0 Å². The third-order valence-corrected chi connectivity index (χ3v) is 2.90. The maximum Gasteiger partial charge on any atom is 0.408 e. The average Bonchev–Trinajstić information content (AvgIpc) is 2.71. The van der Waals surface area contributed by atoms with E-state index in [1.807, 2.05) is 30.3 Å². The third-order valence-electron chi connectivity index (χ3n) is 2.90. The van der Waals surface area contributed by atoms with Crippen molar-refractivity contribution in [2.24, 2.45) is 5.92 Å². The molecular formula is C12H13NO4. The Bertz CT molecular complexity index is 431. The minimum absolute atomic E-state index is 0.539. The summed E-state index contributed by atoms with van der Waals surface area (Å²) < 4.78 is 5.12. The van der Waals surface area contributed by atoms with Crippen LogP contribution in [0.5, 0.6) is 0 Å². The van der Waals surface area contributed by atoms with Crippen LogP contribution in [0.4, 0.5) is 4.79 Å². The van der Waals surface area contributed by atoms with E-state index in [4.69, 9.17) is 9.84 Å². The van der Waals surface area contributed by atoms with Gasteiger partial charge in [-0.3, -0.25) is 4.79 Å². The van der Waals surface area contributed by atoms with E-state index >= 15 is 0 Å². The van der Waals surface area contributed by atoms with E-state index in [1.54, 1.807) is 6.92 Å². The van der Waals surface area contributed by atoms with Gasteiger partial charge in [0.2, 0.25) is 0 Å². The molecule has 5 heteroatoms. The Hall–Kier alpha value is -2.04. The van der Waals surface area contributed by atoms with Gasteiger partial charge >= 0.3 is 12.1 Å². The summed E-state index contributed by atoms with van der Waals surface area (Å²) in [6.45, 7) is 1.55. The van der Waals surface area contributed by atoms with Crippen molar-refractivity contribution in [2.45, 2.75) is 19.1 Å². The summed E-state index contributed by atoms with van der Waals surface area (Å²) >= 11 is 0. The second-order valence-corrected chi connectivity index (χ2v) is 4.03. The Morgan fingerprint density at radius 2 is 2.06 bits per heavy atom. The van der Waals surface area contributed by atoms with Gasteiger partial charge in [0.1, 0.15) is 6.10 Å². The number of nitrogens with one attached hydrogen (secondary N) is 1. The lowest BCUT2D eigenvalue weighted by molar-refractivity contribution is -0.142. The van der Waals surface area contributed by atoms with Crippen molar-refractivity contribution < 1.29 is 19.4 Å². The topological polar surface area (TPSA) is 75.6 Å². The fourth-order valence-electron chi connectivity index (χ4n) is 1.89. The minimum Gasteiger partial charge on any atom is -0.481 e. The van der Waals surface area contributed by atoms with E-state index in [9.17, 15) is 9.59 Å². The predicted molar refractivity (Wildman–Crippen MR) is 59.4 cm³/mol. The number of cyclic esters (lactones) is 1. The van der Waals surface area contributed by atoms with Crippen LogP contribution < -0.4 is 5.32 Å². The number of amides is 1. The molecule has 1 amide bonds. The SMILES string of the molecule is CC(C(=O)O)[C@H]1NC(=O)O[C@H]1c1ccccc1. The number of benzene rings is 1. The lowest BCUT2D eigenvalue weighted by atomic mass is 9.93. The van der Waals surface area contributed by atoms with Gasteiger partial charge in [-0.1, -0.05) is 30.3 Å². The maximum atomic E-state index is 11.2. The fraction of sp³-hybridized carbons (Fsp3) is 0.333. The molecule has 0 spiro atoms. The molecule has 1 aliphatic heterocycles. The normalized spacial score (nSPS) is 24.9. The number of carboxylic acid groups (broad SMARTS) is 1. The summed E-state index contributed by atoms with van der Waals surface area (Å²) in [5.74, 6) is -1.66. The van der Waals surface area contributed by atoms with Gasteiger partial charge in [0, 0.05) is 0 Å². The molecule has 0 aliphatic carbocycles. The third kappa shape index (κ3) is 2.22. The fourth-order valence-corrected chi connectivity index (χ4v) is 1.89. The lowest BCUT2D eigenvalue weighted by Gasteiger charge is -2.20. The summed E-state index contributed by atoms with van der Waals surface area (Å²) in [6.07, 6.45) is -1.12. The predicted octanol–water partition coefficient (Wildman–Crippen LogP) is 1.56. The Kier molecular flexibility index (Phi) is 2.99. The lowest BCUT2D eigenvalue weighted by Crippen LogP contribution is -2.38. The van der Waals surface area contributed by atoms with Crippen molar-refractivity contribution >= 4 is 12.1 Å². The van der Waals surface area contributed by atoms with Crippen molar-refractivity contribution in [3.63, 3.8) is 0 Å². The van der Waals surface area contributed by atoms with Gasteiger partial charge in [0.05, 0.1) is 12.0 Å². The van der Waals surface area contributed by atoms with Crippen molar-refractivity contribution in [1.82, 2.24) is 5.32 Å². The standard InChI is InChI=1S/C12H13NO4/c1-7(11(14)15)9-10(17-12(16)13-9)8-5-3-2-4-6-8/h2-7,9-10H,1H3,(H,13,16)(H,14,15)/t7?,9-,10+/m1/s1. The second kappa shape index (κ2) is 4.45. The highest BCUT2D eigenvalue weighted by atomic mass is 16.6. The van der Waals surface area contributed by atoms with Gasteiger partial charge in [-0.15, -0.1) is 0 Å². The monoisotopic (exact) mass is 235 g/mol. The zero-order valence-electron chi connectivity index (χ0n) is 9.29. The summed E-state index contributed by atoms with van der Waals surface area (Å²) in [4.78, 5) is 22.2. The highest BCUT2D eigenvalue weighted by Crippen LogP contribution is 2.30. The van der Waals surface area contributed by atoms with E-state index in [0.717, 1.165) is 5.56 Å². The van der Waals surface area contributed by atoms with E-state index in [-0.39, 0.29) is 0 Å². The first-order valence-electron chi connectivity index (χ1n) is 5.34. The van der Waals surface area contributed by atoms with Gasteiger partial charge in [-0.25, -0.2) is 4.79 Å². The number of carboxylic acids is 1. The number of ether oxygens (including phenoxy) is 1. The first-order valence-corrected chi connectivity index (χ1v) is 5.34. The molecule has 90 valence electrons. The van der Waals surface area contributed by atoms with Crippen LogP contribution in [0.25, 0.3) is 0 Å². The van der Waals surface area contributed by atoms with Crippen molar-refractivity contribution in [3.05, 3.63) is 35.9 Å². The molecule has 1 aromatic carbocycles. The molecule has 3 atom stereocenters. The minimum atomic E-state index is -0.957. The van der Waals surface area contributed by atoms with Crippen LogP contribution in [0.3, 0.4) is 0 Å². The van der Waals surface area contributed by atoms with Gasteiger partial charge in [0.15, 0.2) is 0 Å². The molecule has 0 bridgehead atoms. The smallest absolute Gasteiger partial charge is 0.408 e. The van der Waals surface area contributed by atoms with Gasteiger partial charge in [-0.2, -0.15) is 0 Å². The van der Waals surface area contributed by atoms with Crippen molar-refractivity contribution in [2.75, 3.05) is 0 Å². The van der Waals surface area contributed by atoms with Crippen molar-refractivity contribution in [3.8, 4) is 0 Å². The van der Waals surface area contributed by atoms with Gasteiger partial charge in [-0.05, 0) is 12.5 Å². The summed E-state index contributed by atoms with van der Waals surface area (Å²) in [7, 11) is 0. The van der Waals surface area contributed by atoms with Gasteiger partial charge < -0.3 is 15.2 Å². The van der Waals surface area contributed by atoms with Gasteiger partial charge in [0.25, 0.3) is 0 Å². The molecule has 0 saturated carbocycles. The molecular weight excluding hydrogens is 222 g/mol. The second-order valence-electron chi connectivity index (χ2n) is 4.03. The Labute approximate surface area is 98.4 Å². The number of aliphatic carboxylic acids is 1. The average molecular weight is 235 g/mol. The number of carbonyl (C=O) groups excluding carboxylic acids is 1. The first-order chi connectivity index (χ1) is 8.09. The highest BCUT2D eigenvalue weighted by molar-refractivity contribution is 5.75. The largest absolute Gasteiger partial charge is 0.481 e. The number of carbonyl (C=O) groups is 2. The van der Waals surface area contributed by atoms with Crippen molar-refractivity contribution in [1.29, 1.82) is 0 Å². The first kappa shape index (κ1) is 11.4. The zero-order valence-corrected chi connectivity index (χ0v) is 9.29. The van der Waals surface area contributed by atoms with E-state index in [2.05, 4.69) is 5.32 Å². The molecule has 2 N–H and O–H groups in total. The molecule has 17 heavy (non-hydrogen) atoms. The number of hydrogen-bond acceptors (Lipinski definition) is 3. The van der Waals surface area contributed by atoms with E-state index in [0.29, 0.717) is 0 Å². The molecule has 1 saturated heterocycles. The molecule has 0 radical (unpaired) electrons. The van der Waals surface area contributed by atoms with Crippen LogP contribution >= 0.6 is 0 Å². The molecule has 1 aliphatic rings. The molecule has 5 nitrogen and oxygen atoms in total. The van der Waals surface area contributed by atoms with E-state index < -0.39 is 30.1 Å². The number of alkyl carbamates (subject to hydrolysis) is 1. The van der Waals surface area contributed by atoms with Crippen LogP contribution in [0.15, 0.2) is 30.3 Å². The molecule has 1 heterocycles. The quantitative estimate of drug-likeness (QED) is 0.833. The summed E-state index contributed by atoms with van der Waals surface area (Å²) in [5.41, 5.74) is 0.795. The molecule has 1 unspecified atom stereocenters. The Balaban J connectivity index is 2.26.